The van der Waals surface area contributed by atoms with Crippen molar-refractivity contribution in [2.45, 2.75) is 13.8 Å². The Labute approximate surface area is 154 Å². The first-order valence-corrected chi connectivity index (χ1v) is 8.98. The van der Waals surface area contributed by atoms with Gasteiger partial charge in [-0.15, -0.1) is 0 Å². The molecule has 7 heteroatoms. The Morgan fingerprint density at radius 3 is 2.69 bits per heavy atom. The normalized spacial score (nSPS) is 11.0. The third kappa shape index (κ3) is 2.86. The minimum atomic E-state index is -0.226. The monoisotopic (exact) mass is 363 g/mol. The lowest BCUT2D eigenvalue weighted by atomic mass is 10.2. The number of amides is 1. The molecule has 0 radical (unpaired) electrons. The van der Waals surface area contributed by atoms with E-state index in [0.29, 0.717) is 10.7 Å². The summed E-state index contributed by atoms with van der Waals surface area (Å²) in [6.07, 6.45) is 1.57. The number of nitrogens with zero attached hydrogens (tertiary/aromatic N) is 4. The van der Waals surface area contributed by atoms with Crippen molar-refractivity contribution in [2.75, 3.05) is 5.32 Å². The fourth-order valence-electron chi connectivity index (χ4n) is 2.91. The third-order valence-corrected chi connectivity index (χ3v) is 5.30. The molecule has 0 unspecified atom stereocenters. The predicted molar refractivity (Wildman–Crippen MR) is 103 cm³/mol. The minimum absolute atomic E-state index is 0.226. The number of anilines is 1. The van der Waals surface area contributed by atoms with E-state index in [9.17, 15) is 4.79 Å². The van der Waals surface area contributed by atoms with Gasteiger partial charge in [0.05, 0.1) is 21.8 Å². The lowest BCUT2D eigenvalue weighted by Gasteiger charge is -2.02. The van der Waals surface area contributed by atoms with Crippen LogP contribution in [0.15, 0.2) is 42.6 Å². The molecule has 26 heavy (non-hydrogen) atoms. The first kappa shape index (κ1) is 16.4. The fourth-order valence-corrected chi connectivity index (χ4v) is 3.88. The maximum absolute atomic E-state index is 12.6. The van der Waals surface area contributed by atoms with Crippen molar-refractivity contribution < 1.29 is 4.79 Å². The molecular formula is C19H17N5OS. The van der Waals surface area contributed by atoms with E-state index in [0.717, 1.165) is 32.9 Å². The number of aryl methyl sites for hydroxylation is 3. The van der Waals surface area contributed by atoms with Gasteiger partial charge in [0.15, 0.2) is 10.8 Å². The molecule has 3 aromatic heterocycles. The number of hydrogen-bond acceptors (Lipinski definition) is 5. The predicted octanol–water partition coefficient (Wildman–Crippen LogP) is 3.96. The summed E-state index contributed by atoms with van der Waals surface area (Å²) in [5.74, 6) is -0.226. The molecule has 3 heterocycles. The van der Waals surface area contributed by atoms with Gasteiger partial charge in [-0.05, 0) is 25.5 Å². The van der Waals surface area contributed by atoms with Crippen LogP contribution in [0.4, 0.5) is 5.13 Å². The van der Waals surface area contributed by atoms with Gasteiger partial charge in [0.25, 0.3) is 5.91 Å². The summed E-state index contributed by atoms with van der Waals surface area (Å²) in [7, 11) is 1.84. The third-order valence-electron chi connectivity index (χ3n) is 4.18. The van der Waals surface area contributed by atoms with Crippen LogP contribution in [0.2, 0.25) is 0 Å². The van der Waals surface area contributed by atoms with E-state index in [1.807, 2.05) is 57.3 Å². The van der Waals surface area contributed by atoms with Crippen LogP contribution in [0, 0.1) is 13.8 Å². The number of carbonyl (C=O) groups is 1. The summed E-state index contributed by atoms with van der Waals surface area (Å²) < 4.78 is 1.71. The summed E-state index contributed by atoms with van der Waals surface area (Å²) >= 11 is 1.47. The van der Waals surface area contributed by atoms with Gasteiger partial charge in [-0.3, -0.25) is 14.8 Å². The smallest absolute Gasteiger partial charge is 0.259 e. The number of carbonyl (C=O) groups excluding carboxylic acids is 1. The lowest BCUT2D eigenvalue weighted by Crippen LogP contribution is -2.12. The highest BCUT2D eigenvalue weighted by atomic mass is 32.1. The van der Waals surface area contributed by atoms with Crippen molar-refractivity contribution >= 4 is 33.4 Å². The molecule has 0 aliphatic heterocycles. The molecule has 0 aliphatic carbocycles. The van der Waals surface area contributed by atoms with E-state index < -0.39 is 0 Å². The summed E-state index contributed by atoms with van der Waals surface area (Å²) in [5, 5.41) is 8.67. The van der Waals surface area contributed by atoms with Gasteiger partial charge < -0.3 is 0 Å². The number of fused-ring (bicyclic) bond motifs is 1. The maximum Gasteiger partial charge on any atom is 0.259 e. The van der Waals surface area contributed by atoms with Crippen LogP contribution >= 0.6 is 11.3 Å². The molecule has 1 amide bonds. The van der Waals surface area contributed by atoms with Crippen LogP contribution in [-0.2, 0) is 7.05 Å². The zero-order valence-corrected chi connectivity index (χ0v) is 15.5. The Balaban J connectivity index is 1.62. The molecule has 0 atom stereocenters. The number of rotatable bonds is 3. The number of benzene rings is 1. The second-order valence-corrected chi connectivity index (χ2v) is 7.06. The largest absolute Gasteiger partial charge is 0.298 e. The summed E-state index contributed by atoms with van der Waals surface area (Å²) in [6.45, 7) is 3.85. The first-order valence-electron chi connectivity index (χ1n) is 8.16. The van der Waals surface area contributed by atoms with E-state index in [4.69, 9.17) is 0 Å². The maximum atomic E-state index is 12.6. The molecule has 4 rings (SSSR count). The molecule has 0 saturated heterocycles. The van der Waals surface area contributed by atoms with Crippen molar-refractivity contribution in [3.63, 3.8) is 0 Å². The Morgan fingerprint density at radius 2 is 1.92 bits per heavy atom. The Hall–Kier alpha value is -3.06. The molecule has 1 aromatic carbocycles. The number of aromatic nitrogens is 4. The molecule has 6 nitrogen and oxygen atoms in total. The first-order chi connectivity index (χ1) is 12.5. The Morgan fingerprint density at radius 1 is 1.15 bits per heavy atom. The number of hydrogen-bond donors (Lipinski definition) is 1. The molecule has 0 saturated carbocycles. The number of nitrogens with one attached hydrogen (secondary N) is 1. The van der Waals surface area contributed by atoms with Gasteiger partial charge in [0, 0.05) is 18.6 Å². The molecule has 0 bridgehead atoms. The van der Waals surface area contributed by atoms with Crippen LogP contribution in [0.1, 0.15) is 21.7 Å². The summed E-state index contributed by atoms with van der Waals surface area (Å²) in [5.41, 5.74) is 4.09. The highest BCUT2D eigenvalue weighted by Crippen LogP contribution is 2.32. The van der Waals surface area contributed by atoms with Crippen LogP contribution in [0.25, 0.3) is 21.5 Å². The number of thiazole rings is 1. The highest BCUT2D eigenvalue weighted by molar-refractivity contribution is 7.19. The summed E-state index contributed by atoms with van der Waals surface area (Å²) in [4.78, 5) is 22.5. The quantitative estimate of drug-likeness (QED) is 0.598. The van der Waals surface area contributed by atoms with E-state index in [1.54, 1.807) is 10.9 Å². The Kier molecular flexibility index (Phi) is 4.00. The molecule has 130 valence electrons. The summed E-state index contributed by atoms with van der Waals surface area (Å²) in [6, 6.07) is 11.8. The molecule has 1 N–H and O–H groups in total. The van der Waals surface area contributed by atoms with Crippen molar-refractivity contribution in [2.24, 2.45) is 7.05 Å². The van der Waals surface area contributed by atoms with Crippen LogP contribution < -0.4 is 5.32 Å². The molecule has 0 spiro atoms. The fraction of sp³-hybridized carbons (Fsp3) is 0.158. The van der Waals surface area contributed by atoms with Crippen molar-refractivity contribution in [3.05, 3.63) is 59.5 Å². The van der Waals surface area contributed by atoms with E-state index >= 15 is 0 Å². The standard InChI is InChI=1S/C19H17N5OS/c1-11-15-9-14(10-20-17(15)24(3)23-11)18(25)22-19-21-12(2)16(26-19)13-7-5-4-6-8-13/h4-10H,1-3H3,(H,21,22,25). The zero-order chi connectivity index (χ0) is 18.3. The SMILES string of the molecule is Cc1nc(NC(=O)c2cnc3c(c2)c(C)nn3C)sc1-c1ccccc1. The van der Waals surface area contributed by atoms with Crippen LogP contribution in [-0.4, -0.2) is 25.7 Å². The highest BCUT2D eigenvalue weighted by Gasteiger charge is 2.15. The van der Waals surface area contributed by atoms with Crippen molar-refractivity contribution in [3.8, 4) is 10.4 Å². The van der Waals surface area contributed by atoms with Crippen LogP contribution in [0.3, 0.4) is 0 Å². The van der Waals surface area contributed by atoms with Crippen molar-refractivity contribution in [1.82, 2.24) is 19.7 Å². The van der Waals surface area contributed by atoms with Crippen LogP contribution in [0.5, 0.6) is 0 Å². The average Bonchev–Trinajstić information content (AvgIpc) is 3.15. The van der Waals surface area contributed by atoms with Gasteiger partial charge in [-0.1, -0.05) is 41.7 Å². The second kappa shape index (κ2) is 6.34. The van der Waals surface area contributed by atoms with Gasteiger partial charge in [0.1, 0.15) is 0 Å². The Bertz CT molecular complexity index is 1110. The topological polar surface area (TPSA) is 72.7 Å². The van der Waals surface area contributed by atoms with E-state index in [2.05, 4.69) is 20.4 Å². The van der Waals surface area contributed by atoms with Gasteiger partial charge >= 0.3 is 0 Å². The molecule has 0 aliphatic rings. The van der Waals surface area contributed by atoms with Crippen molar-refractivity contribution in [1.29, 1.82) is 0 Å². The van der Waals surface area contributed by atoms with Gasteiger partial charge in [-0.2, -0.15) is 5.10 Å². The minimum Gasteiger partial charge on any atom is -0.298 e. The average molecular weight is 363 g/mol. The van der Waals surface area contributed by atoms with Gasteiger partial charge in [0.2, 0.25) is 0 Å². The molecular weight excluding hydrogens is 346 g/mol. The second-order valence-electron chi connectivity index (χ2n) is 6.06. The zero-order valence-electron chi connectivity index (χ0n) is 14.6. The van der Waals surface area contributed by atoms with E-state index in [1.165, 1.54) is 11.3 Å². The molecule has 4 aromatic rings. The lowest BCUT2D eigenvalue weighted by molar-refractivity contribution is 0.102. The van der Waals surface area contributed by atoms with Gasteiger partial charge in [-0.25, -0.2) is 9.97 Å². The molecule has 0 fully saturated rings. The number of pyridine rings is 1. The van der Waals surface area contributed by atoms with E-state index in [-0.39, 0.29) is 5.91 Å².